The summed E-state index contributed by atoms with van der Waals surface area (Å²) in [6, 6.07) is 5.83. The van der Waals surface area contributed by atoms with Crippen molar-refractivity contribution in [3.05, 3.63) is 23.8 Å². The Morgan fingerprint density at radius 1 is 1.38 bits per heavy atom. The summed E-state index contributed by atoms with van der Waals surface area (Å²) in [6.07, 6.45) is 5.01. The number of ether oxygens (including phenoxy) is 1. The van der Waals surface area contributed by atoms with Crippen LogP contribution in [-0.4, -0.2) is 19.1 Å². The largest absolute Gasteiger partial charge is 0.497 e. The quantitative estimate of drug-likeness (QED) is 0.896. The first kappa shape index (κ1) is 17.8. The molecule has 2 unspecified atom stereocenters. The smallest absolute Gasteiger partial charge is 0.224 e. The van der Waals surface area contributed by atoms with E-state index in [1.807, 2.05) is 25.1 Å². The standard InChI is InChI=1S/C16H24N2O2.ClH/c1-11-9-13(20-2)7-8-15(11)18-16(19)10-12-5-3-4-6-14(12)17;/h7-9,12,14H,3-6,10,17H2,1-2H3,(H,18,19);1H. The molecule has 0 radical (unpaired) electrons. The number of methoxy groups -OCH3 is 1. The van der Waals surface area contributed by atoms with Crippen LogP contribution in [0.1, 0.15) is 37.7 Å². The van der Waals surface area contributed by atoms with Crippen molar-refractivity contribution in [2.24, 2.45) is 11.7 Å². The molecule has 1 saturated carbocycles. The Labute approximate surface area is 132 Å². The second-order valence-electron chi connectivity index (χ2n) is 5.64. The van der Waals surface area contributed by atoms with Gasteiger partial charge in [0.1, 0.15) is 5.75 Å². The predicted molar refractivity (Wildman–Crippen MR) is 88.2 cm³/mol. The summed E-state index contributed by atoms with van der Waals surface area (Å²) in [5.41, 5.74) is 7.94. The van der Waals surface area contributed by atoms with Crippen LogP contribution >= 0.6 is 12.4 Å². The topological polar surface area (TPSA) is 64.3 Å². The number of carbonyl (C=O) groups is 1. The van der Waals surface area contributed by atoms with Gasteiger partial charge in [0.15, 0.2) is 0 Å². The van der Waals surface area contributed by atoms with Gasteiger partial charge in [0.2, 0.25) is 5.91 Å². The number of nitrogens with two attached hydrogens (primary N) is 1. The number of amides is 1. The van der Waals surface area contributed by atoms with E-state index in [-0.39, 0.29) is 24.4 Å². The normalized spacial score (nSPS) is 21.3. The van der Waals surface area contributed by atoms with Gasteiger partial charge in [0.25, 0.3) is 0 Å². The number of hydrogen-bond donors (Lipinski definition) is 2. The lowest BCUT2D eigenvalue weighted by atomic mass is 9.83. The number of benzene rings is 1. The molecular formula is C16H25ClN2O2. The maximum Gasteiger partial charge on any atom is 0.224 e. The first-order valence-corrected chi connectivity index (χ1v) is 7.30. The molecular weight excluding hydrogens is 288 g/mol. The minimum absolute atomic E-state index is 0. The molecule has 118 valence electrons. The summed E-state index contributed by atoms with van der Waals surface area (Å²) in [6.45, 7) is 1.96. The number of rotatable bonds is 4. The number of nitrogens with one attached hydrogen (secondary N) is 1. The highest BCUT2D eigenvalue weighted by molar-refractivity contribution is 5.91. The van der Waals surface area contributed by atoms with Crippen LogP contribution in [0.15, 0.2) is 18.2 Å². The Hall–Kier alpha value is -1.26. The van der Waals surface area contributed by atoms with Crippen LogP contribution < -0.4 is 15.8 Å². The van der Waals surface area contributed by atoms with Crippen LogP contribution in [0, 0.1) is 12.8 Å². The molecule has 0 spiro atoms. The molecule has 1 aliphatic rings. The zero-order valence-corrected chi connectivity index (χ0v) is 13.5. The average Bonchev–Trinajstić information content (AvgIpc) is 2.43. The van der Waals surface area contributed by atoms with E-state index in [1.165, 1.54) is 12.8 Å². The number of hydrogen-bond acceptors (Lipinski definition) is 3. The van der Waals surface area contributed by atoms with Crippen LogP contribution in [0.2, 0.25) is 0 Å². The summed E-state index contributed by atoms with van der Waals surface area (Å²) in [7, 11) is 1.64. The SMILES string of the molecule is COc1ccc(NC(=O)CC2CCCCC2N)c(C)c1.Cl. The van der Waals surface area contributed by atoms with Crippen molar-refractivity contribution >= 4 is 24.0 Å². The molecule has 1 amide bonds. The third-order valence-electron chi connectivity index (χ3n) is 4.12. The maximum atomic E-state index is 12.1. The lowest BCUT2D eigenvalue weighted by Gasteiger charge is -2.28. The first-order chi connectivity index (χ1) is 9.60. The van der Waals surface area contributed by atoms with Crippen LogP contribution in [0.4, 0.5) is 5.69 Å². The molecule has 0 aromatic heterocycles. The van der Waals surface area contributed by atoms with E-state index in [4.69, 9.17) is 10.5 Å². The van der Waals surface area contributed by atoms with Crippen molar-refractivity contribution < 1.29 is 9.53 Å². The van der Waals surface area contributed by atoms with Crippen molar-refractivity contribution in [2.45, 2.75) is 45.1 Å². The molecule has 0 heterocycles. The fourth-order valence-corrected chi connectivity index (χ4v) is 2.83. The highest BCUT2D eigenvalue weighted by Crippen LogP contribution is 2.27. The summed E-state index contributed by atoms with van der Waals surface area (Å²) < 4.78 is 5.16. The molecule has 1 aromatic carbocycles. The van der Waals surface area contributed by atoms with E-state index in [2.05, 4.69) is 5.32 Å². The second kappa shape index (κ2) is 8.25. The monoisotopic (exact) mass is 312 g/mol. The Bertz CT molecular complexity index is 479. The van der Waals surface area contributed by atoms with Gasteiger partial charge in [-0.3, -0.25) is 4.79 Å². The second-order valence-corrected chi connectivity index (χ2v) is 5.64. The Morgan fingerprint density at radius 2 is 2.10 bits per heavy atom. The first-order valence-electron chi connectivity index (χ1n) is 7.30. The number of anilines is 1. The third kappa shape index (κ3) is 4.90. The van der Waals surface area contributed by atoms with Crippen LogP contribution in [-0.2, 0) is 4.79 Å². The number of carbonyl (C=O) groups excluding carboxylic acids is 1. The van der Waals surface area contributed by atoms with Crippen molar-refractivity contribution in [1.82, 2.24) is 0 Å². The molecule has 0 bridgehead atoms. The molecule has 1 aromatic rings. The van der Waals surface area contributed by atoms with E-state index in [0.29, 0.717) is 12.3 Å². The summed E-state index contributed by atoms with van der Waals surface area (Å²) >= 11 is 0. The van der Waals surface area contributed by atoms with Crippen molar-refractivity contribution in [3.8, 4) is 5.75 Å². The molecule has 4 nitrogen and oxygen atoms in total. The van der Waals surface area contributed by atoms with Crippen LogP contribution in [0.25, 0.3) is 0 Å². The van der Waals surface area contributed by atoms with Crippen molar-refractivity contribution in [1.29, 1.82) is 0 Å². The zero-order chi connectivity index (χ0) is 14.5. The van der Waals surface area contributed by atoms with E-state index in [0.717, 1.165) is 29.8 Å². The molecule has 1 fully saturated rings. The van der Waals surface area contributed by atoms with E-state index >= 15 is 0 Å². The highest BCUT2D eigenvalue weighted by Gasteiger charge is 2.24. The fraction of sp³-hybridized carbons (Fsp3) is 0.562. The summed E-state index contributed by atoms with van der Waals surface area (Å²) in [5, 5.41) is 2.98. The summed E-state index contributed by atoms with van der Waals surface area (Å²) in [4.78, 5) is 12.1. The minimum Gasteiger partial charge on any atom is -0.497 e. The highest BCUT2D eigenvalue weighted by atomic mass is 35.5. The summed E-state index contributed by atoms with van der Waals surface area (Å²) in [5.74, 6) is 1.18. The van der Waals surface area contributed by atoms with Crippen LogP contribution in [0.5, 0.6) is 5.75 Å². The van der Waals surface area contributed by atoms with Crippen LogP contribution in [0.3, 0.4) is 0 Å². The van der Waals surface area contributed by atoms with Gasteiger partial charge in [0, 0.05) is 18.2 Å². The van der Waals surface area contributed by atoms with Gasteiger partial charge < -0.3 is 15.8 Å². The molecule has 2 rings (SSSR count). The Balaban J connectivity index is 0.00000220. The molecule has 3 N–H and O–H groups in total. The van der Waals surface area contributed by atoms with Gasteiger partial charge >= 0.3 is 0 Å². The lowest BCUT2D eigenvalue weighted by molar-refractivity contribution is -0.117. The van der Waals surface area contributed by atoms with E-state index in [9.17, 15) is 4.79 Å². The average molecular weight is 313 g/mol. The van der Waals surface area contributed by atoms with Crippen molar-refractivity contribution in [2.75, 3.05) is 12.4 Å². The molecule has 0 saturated heterocycles. The van der Waals surface area contributed by atoms with E-state index in [1.54, 1.807) is 7.11 Å². The predicted octanol–water partition coefficient (Wildman–Crippen LogP) is 3.27. The molecule has 21 heavy (non-hydrogen) atoms. The van der Waals surface area contributed by atoms with Gasteiger partial charge in [-0.25, -0.2) is 0 Å². The fourth-order valence-electron chi connectivity index (χ4n) is 2.83. The van der Waals surface area contributed by atoms with Gasteiger partial charge in [-0.1, -0.05) is 12.8 Å². The lowest BCUT2D eigenvalue weighted by Crippen LogP contribution is -2.35. The number of aryl methyl sites for hydroxylation is 1. The third-order valence-corrected chi connectivity index (χ3v) is 4.12. The minimum atomic E-state index is 0. The van der Waals surface area contributed by atoms with Gasteiger partial charge in [-0.05, 0) is 49.4 Å². The molecule has 1 aliphatic carbocycles. The van der Waals surface area contributed by atoms with Gasteiger partial charge in [-0.2, -0.15) is 0 Å². The molecule has 2 atom stereocenters. The molecule has 5 heteroatoms. The zero-order valence-electron chi connectivity index (χ0n) is 12.7. The Morgan fingerprint density at radius 3 is 2.71 bits per heavy atom. The van der Waals surface area contributed by atoms with E-state index < -0.39 is 0 Å². The molecule has 0 aliphatic heterocycles. The Kier molecular flexibility index (Phi) is 6.99. The van der Waals surface area contributed by atoms with Gasteiger partial charge in [-0.15, -0.1) is 12.4 Å². The van der Waals surface area contributed by atoms with Gasteiger partial charge in [0.05, 0.1) is 7.11 Å². The van der Waals surface area contributed by atoms with Crippen molar-refractivity contribution in [3.63, 3.8) is 0 Å². The number of halogens is 1. The maximum absolute atomic E-state index is 12.1.